The molecule has 0 aromatic heterocycles. The third kappa shape index (κ3) is 2.92. The Morgan fingerprint density at radius 2 is 1.24 bits per heavy atom. The van der Waals surface area contributed by atoms with Crippen LogP contribution in [0.15, 0.2) is 0 Å². The first-order valence-electron chi connectivity index (χ1n) is 3.29. The molecular weight excluding hydrogens is 281 g/mol. The highest BCUT2D eigenvalue weighted by Gasteiger charge is 2.78. The average Bonchev–Trinajstić information content (AvgIpc) is 1.98. The number of carboxylic acid groups (broad SMARTS) is 1. The first kappa shape index (κ1) is 15.8. The first-order chi connectivity index (χ1) is 7.15. The number of hydrogen-bond acceptors (Lipinski definition) is 2. The second-order valence-corrected chi connectivity index (χ2v) is 2.52. The van der Waals surface area contributed by atoms with Crippen LogP contribution in [0, 0.1) is 0 Å². The highest BCUT2D eigenvalue weighted by molar-refractivity contribution is 5.76. The molecule has 0 aromatic rings. The maximum atomic E-state index is 12.3. The van der Waals surface area contributed by atoms with E-state index in [4.69, 9.17) is 5.11 Å². The van der Waals surface area contributed by atoms with Crippen molar-refractivity contribution in [1.82, 2.24) is 0 Å². The normalized spacial score (nSPS) is 14.9. The number of carboxylic acids is 1. The zero-order chi connectivity index (χ0) is 14.3. The van der Waals surface area contributed by atoms with Crippen molar-refractivity contribution in [2.75, 3.05) is 0 Å². The summed E-state index contributed by atoms with van der Waals surface area (Å²) in [5.74, 6) is -17.1. The molecular formula is C5HF9O3. The van der Waals surface area contributed by atoms with Crippen LogP contribution in [0.1, 0.15) is 0 Å². The lowest BCUT2D eigenvalue weighted by Gasteiger charge is -2.29. The lowest BCUT2D eigenvalue weighted by molar-refractivity contribution is -0.482. The largest absolute Gasteiger partial charge is 0.527 e. The van der Waals surface area contributed by atoms with E-state index in [1.54, 1.807) is 0 Å². The lowest BCUT2D eigenvalue weighted by atomic mass is 10.4. The van der Waals surface area contributed by atoms with Crippen LogP contribution >= 0.6 is 0 Å². The van der Waals surface area contributed by atoms with E-state index in [9.17, 15) is 44.3 Å². The van der Waals surface area contributed by atoms with Crippen LogP contribution in [-0.4, -0.2) is 35.4 Å². The molecule has 0 fully saturated rings. The number of halogens is 9. The summed E-state index contributed by atoms with van der Waals surface area (Å²) in [5, 5.41) is 7.54. The highest BCUT2D eigenvalue weighted by atomic mass is 19.4. The van der Waals surface area contributed by atoms with Gasteiger partial charge >= 0.3 is 30.3 Å². The Morgan fingerprint density at radius 3 is 1.47 bits per heavy atom. The van der Waals surface area contributed by atoms with Crippen molar-refractivity contribution in [3.63, 3.8) is 0 Å². The fourth-order valence-corrected chi connectivity index (χ4v) is 0.527. The fraction of sp³-hybridized carbons (Fsp3) is 0.800. The van der Waals surface area contributed by atoms with E-state index in [1.807, 2.05) is 0 Å². The van der Waals surface area contributed by atoms with Crippen LogP contribution in [0.3, 0.4) is 0 Å². The van der Waals surface area contributed by atoms with Crippen molar-refractivity contribution in [3.05, 3.63) is 0 Å². The van der Waals surface area contributed by atoms with Gasteiger partial charge < -0.3 is 5.11 Å². The number of rotatable bonds is 4. The monoisotopic (exact) mass is 282 g/mol. The molecule has 0 amide bonds. The molecule has 17 heavy (non-hydrogen) atoms. The molecule has 1 N–H and O–H groups in total. The smallest absolute Gasteiger partial charge is 0.477 e. The van der Waals surface area contributed by atoms with Crippen molar-refractivity contribution >= 4 is 5.97 Å². The summed E-state index contributed by atoms with van der Waals surface area (Å²) in [6, 6.07) is 0. The van der Waals surface area contributed by atoms with Gasteiger partial charge in [0.15, 0.2) is 0 Å². The zero-order valence-corrected chi connectivity index (χ0v) is 7.17. The Balaban J connectivity index is 5.37. The summed E-state index contributed by atoms with van der Waals surface area (Å²) in [6.45, 7) is 0. The minimum Gasteiger partial charge on any atom is -0.477 e. The molecule has 0 rings (SSSR count). The summed E-state index contributed by atoms with van der Waals surface area (Å²) >= 11 is 0. The molecule has 3 nitrogen and oxygen atoms in total. The number of alkyl halides is 9. The van der Waals surface area contributed by atoms with Gasteiger partial charge in [-0.25, -0.2) is 9.53 Å². The number of hydrogen-bond donors (Lipinski definition) is 1. The second-order valence-electron chi connectivity index (χ2n) is 2.52. The predicted octanol–water partition coefficient (Wildman–Crippen LogP) is 2.47. The SMILES string of the molecule is O=[13C](O)[13C](F)(F)C(F)(F)C(F)(F)OC(F)(F)F. The molecule has 0 atom stereocenters. The Kier molecular flexibility index (Phi) is 3.65. The summed E-state index contributed by atoms with van der Waals surface area (Å²) < 4.78 is 108. The van der Waals surface area contributed by atoms with Gasteiger partial charge in [-0.15, -0.1) is 13.2 Å². The molecule has 0 saturated carbocycles. The minimum absolute atomic E-state index is 1.50. The van der Waals surface area contributed by atoms with Crippen LogP contribution in [0.4, 0.5) is 39.5 Å². The molecule has 0 aliphatic heterocycles. The molecule has 0 aliphatic carbocycles. The van der Waals surface area contributed by atoms with Gasteiger partial charge in [-0.05, 0) is 0 Å². The van der Waals surface area contributed by atoms with E-state index >= 15 is 0 Å². The van der Waals surface area contributed by atoms with Gasteiger partial charge in [0.1, 0.15) is 0 Å². The predicted molar refractivity (Wildman–Crippen MR) is 29.6 cm³/mol. The molecule has 0 saturated heterocycles. The average molecular weight is 282 g/mol. The second kappa shape index (κ2) is 3.92. The van der Waals surface area contributed by atoms with Crippen LogP contribution in [-0.2, 0) is 9.53 Å². The maximum absolute atomic E-state index is 12.3. The summed E-state index contributed by atoms with van der Waals surface area (Å²) in [5.41, 5.74) is 0. The third-order valence-electron chi connectivity index (χ3n) is 1.27. The summed E-state index contributed by atoms with van der Waals surface area (Å²) in [7, 11) is 0. The fourth-order valence-electron chi connectivity index (χ4n) is 0.527. The van der Waals surface area contributed by atoms with Crippen molar-refractivity contribution in [3.8, 4) is 0 Å². The van der Waals surface area contributed by atoms with Gasteiger partial charge in [-0.3, -0.25) is 0 Å². The topological polar surface area (TPSA) is 46.5 Å². The Morgan fingerprint density at radius 1 is 0.882 bits per heavy atom. The zero-order valence-electron chi connectivity index (χ0n) is 7.17. The van der Waals surface area contributed by atoms with E-state index in [0.717, 1.165) is 0 Å². The van der Waals surface area contributed by atoms with E-state index in [1.165, 1.54) is 4.74 Å². The molecule has 0 aliphatic rings. The van der Waals surface area contributed by atoms with Crippen molar-refractivity contribution in [2.45, 2.75) is 24.3 Å². The molecule has 0 aromatic carbocycles. The van der Waals surface area contributed by atoms with E-state index in [0.29, 0.717) is 0 Å². The van der Waals surface area contributed by atoms with Gasteiger partial charge in [0.25, 0.3) is 0 Å². The number of carbonyl (C=O) groups is 1. The number of aliphatic carboxylic acids is 1. The number of ether oxygens (including phenoxy) is 1. The lowest BCUT2D eigenvalue weighted by Crippen LogP contribution is -2.60. The highest BCUT2D eigenvalue weighted by Crippen LogP contribution is 2.48. The molecule has 0 bridgehead atoms. The van der Waals surface area contributed by atoms with Crippen LogP contribution in [0.25, 0.3) is 0 Å². The third-order valence-corrected chi connectivity index (χ3v) is 1.27. The molecule has 102 valence electrons. The maximum Gasteiger partial charge on any atom is 0.527 e. The van der Waals surface area contributed by atoms with E-state index < -0.39 is 30.3 Å². The van der Waals surface area contributed by atoms with E-state index in [2.05, 4.69) is 0 Å². The standard InChI is InChI=1S/C5HF9O3/c6-2(7,1(15)16)3(8,9)4(10,11)17-5(12,13)14/h(H,15,16)/i1+1,2+1. The van der Waals surface area contributed by atoms with Crippen molar-refractivity contribution in [2.24, 2.45) is 0 Å². The van der Waals surface area contributed by atoms with Crippen molar-refractivity contribution in [1.29, 1.82) is 0 Å². The van der Waals surface area contributed by atoms with Gasteiger partial charge in [0.05, 0.1) is 0 Å². The Hall–Kier alpha value is -1.20. The molecule has 0 spiro atoms. The minimum atomic E-state index is -6.89. The summed E-state index contributed by atoms with van der Waals surface area (Å²) in [4.78, 5) is 9.58. The van der Waals surface area contributed by atoms with Crippen LogP contribution < -0.4 is 0 Å². The molecule has 0 heterocycles. The van der Waals surface area contributed by atoms with Gasteiger partial charge in [0, 0.05) is 0 Å². The Bertz CT molecular complexity index is 306. The molecule has 0 unspecified atom stereocenters. The summed E-state index contributed by atoms with van der Waals surface area (Å²) in [6.07, 6.45) is -13.1. The van der Waals surface area contributed by atoms with Crippen molar-refractivity contribution < 1.29 is 54.2 Å². The molecule has 0 radical (unpaired) electrons. The van der Waals surface area contributed by atoms with Crippen LogP contribution in [0.5, 0.6) is 0 Å². The van der Waals surface area contributed by atoms with Gasteiger partial charge in [0.2, 0.25) is 0 Å². The van der Waals surface area contributed by atoms with Gasteiger partial charge in [-0.1, -0.05) is 0 Å². The molecule has 12 heteroatoms. The van der Waals surface area contributed by atoms with E-state index in [-0.39, 0.29) is 0 Å². The quantitative estimate of drug-likeness (QED) is 0.636. The Labute approximate surface area is 85.8 Å². The van der Waals surface area contributed by atoms with Crippen LogP contribution in [0.2, 0.25) is 0 Å². The van der Waals surface area contributed by atoms with Gasteiger partial charge in [-0.2, -0.15) is 26.3 Å². The first-order valence-corrected chi connectivity index (χ1v) is 3.29.